The number of ether oxygens (including phenoxy) is 1. The maximum Gasteiger partial charge on any atom is 0.410 e. The van der Waals surface area contributed by atoms with Crippen molar-refractivity contribution in [2.75, 3.05) is 6.54 Å². The van der Waals surface area contributed by atoms with Gasteiger partial charge in [0.15, 0.2) is 0 Å². The summed E-state index contributed by atoms with van der Waals surface area (Å²) >= 11 is 1.63. The lowest BCUT2D eigenvalue weighted by atomic mass is 10.1. The molecule has 2 atom stereocenters. The van der Waals surface area contributed by atoms with Crippen LogP contribution < -0.4 is 5.73 Å². The summed E-state index contributed by atoms with van der Waals surface area (Å²) in [7, 11) is 0. The highest BCUT2D eigenvalue weighted by Crippen LogP contribution is 2.34. The van der Waals surface area contributed by atoms with E-state index in [-0.39, 0.29) is 18.2 Å². The van der Waals surface area contributed by atoms with Crippen molar-refractivity contribution in [1.29, 1.82) is 0 Å². The first-order valence-electron chi connectivity index (χ1n) is 6.17. The van der Waals surface area contributed by atoms with Crippen LogP contribution in [0.2, 0.25) is 0 Å². The van der Waals surface area contributed by atoms with E-state index in [2.05, 4.69) is 0 Å². The Kier molecular flexibility index (Phi) is 3.64. The second-order valence-electron chi connectivity index (χ2n) is 5.59. The zero-order valence-electron chi connectivity index (χ0n) is 11.1. The molecule has 1 fully saturated rings. The van der Waals surface area contributed by atoms with Crippen molar-refractivity contribution in [1.82, 2.24) is 4.90 Å². The molecule has 1 aliphatic rings. The summed E-state index contributed by atoms with van der Waals surface area (Å²) in [5.41, 5.74) is 5.65. The SMILES string of the molecule is CC(C)(C)OC(=O)N1CC[C@@H](N)[C@@H]1c1cccs1. The van der Waals surface area contributed by atoms with Crippen LogP contribution in [0.25, 0.3) is 0 Å². The van der Waals surface area contributed by atoms with E-state index in [9.17, 15) is 4.79 Å². The van der Waals surface area contributed by atoms with Gasteiger partial charge in [-0.15, -0.1) is 11.3 Å². The van der Waals surface area contributed by atoms with E-state index < -0.39 is 5.60 Å². The molecule has 0 spiro atoms. The molecule has 0 aliphatic carbocycles. The molecular weight excluding hydrogens is 248 g/mol. The third-order valence-corrected chi connectivity index (χ3v) is 3.85. The molecular formula is C13H20N2O2S. The molecule has 0 bridgehead atoms. The lowest BCUT2D eigenvalue weighted by Crippen LogP contribution is -2.39. The smallest absolute Gasteiger partial charge is 0.410 e. The topological polar surface area (TPSA) is 55.6 Å². The highest BCUT2D eigenvalue weighted by atomic mass is 32.1. The second-order valence-corrected chi connectivity index (χ2v) is 6.57. The van der Waals surface area contributed by atoms with Crippen LogP contribution in [-0.2, 0) is 4.74 Å². The van der Waals surface area contributed by atoms with Crippen LogP contribution in [0.15, 0.2) is 17.5 Å². The Hall–Kier alpha value is -1.07. The van der Waals surface area contributed by atoms with Crippen molar-refractivity contribution in [3.63, 3.8) is 0 Å². The molecule has 4 nitrogen and oxygen atoms in total. The fourth-order valence-corrected chi connectivity index (χ4v) is 3.08. The van der Waals surface area contributed by atoms with Gasteiger partial charge in [-0.2, -0.15) is 0 Å². The monoisotopic (exact) mass is 268 g/mol. The normalized spacial score (nSPS) is 24.3. The van der Waals surface area contributed by atoms with Crippen LogP contribution in [-0.4, -0.2) is 29.2 Å². The van der Waals surface area contributed by atoms with E-state index >= 15 is 0 Å². The van der Waals surface area contributed by atoms with Crippen molar-refractivity contribution in [3.05, 3.63) is 22.4 Å². The predicted octanol–water partition coefficient (Wildman–Crippen LogP) is 2.76. The number of carbonyl (C=O) groups excluding carboxylic acids is 1. The van der Waals surface area contributed by atoms with Gasteiger partial charge in [0, 0.05) is 17.5 Å². The summed E-state index contributed by atoms with van der Waals surface area (Å²) in [6.45, 7) is 6.29. The number of hydrogen-bond acceptors (Lipinski definition) is 4. The van der Waals surface area contributed by atoms with E-state index in [1.165, 1.54) is 0 Å². The van der Waals surface area contributed by atoms with E-state index in [0.29, 0.717) is 6.54 Å². The molecule has 1 saturated heterocycles. The van der Waals surface area contributed by atoms with Gasteiger partial charge in [-0.1, -0.05) is 6.07 Å². The van der Waals surface area contributed by atoms with Gasteiger partial charge >= 0.3 is 6.09 Å². The number of hydrogen-bond donors (Lipinski definition) is 1. The maximum atomic E-state index is 12.2. The molecule has 5 heteroatoms. The third-order valence-electron chi connectivity index (χ3n) is 2.91. The van der Waals surface area contributed by atoms with E-state index in [4.69, 9.17) is 10.5 Å². The molecule has 2 rings (SSSR count). The van der Waals surface area contributed by atoms with Gasteiger partial charge in [0.05, 0.1) is 6.04 Å². The Morgan fingerprint density at radius 3 is 2.83 bits per heavy atom. The lowest BCUT2D eigenvalue weighted by molar-refractivity contribution is 0.0221. The number of amides is 1. The molecule has 1 amide bonds. The van der Waals surface area contributed by atoms with Gasteiger partial charge in [-0.3, -0.25) is 4.90 Å². The van der Waals surface area contributed by atoms with Crippen molar-refractivity contribution in [3.8, 4) is 0 Å². The molecule has 2 heterocycles. The second kappa shape index (κ2) is 4.90. The minimum atomic E-state index is -0.468. The van der Waals surface area contributed by atoms with Gasteiger partial charge in [-0.25, -0.2) is 4.79 Å². The predicted molar refractivity (Wildman–Crippen MR) is 72.6 cm³/mol. The summed E-state index contributed by atoms with van der Waals surface area (Å²) in [6, 6.07) is 3.96. The van der Waals surface area contributed by atoms with Crippen LogP contribution in [0, 0.1) is 0 Å². The van der Waals surface area contributed by atoms with Gasteiger partial charge < -0.3 is 10.5 Å². The number of nitrogens with two attached hydrogens (primary N) is 1. The molecule has 0 aromatic carbocycles. The van der Waals surface area contributed by atoms with Crippen LogP contribution in [0.4, 0.5) is 4.79 Å². The molecule has 1 aromatic rings. The average molecular weight is 268 g/mol. The summed E-state index contributed by atoms with van der Waals surface area (Å²) in [5.74, 6) is 0. The highest BCUT2D eigenvalue weighted by molar-refractivity contribution is 7.10. The molecule has 1 aromatic heterocycles. The molecule has 2 N–H and O–H groups in total. The van der Waals surface area contributed by atoms with Crippen LogP contribution in [0.5, 0.6) is 0 Å². The minimum Gasteiger partial charge on any atom is -0.444 e. The number of likely N-dealkylation sites (tertiary alicyclic amines) is 1. The lowest BCUT2D eigenvalue weighted by Gasteiger charge is -2.29. The number of rotatable bonds is 1. The number of carbonyl (C=O) groups is 1. The van der Waals surface area contributed by atoms with Crippen LogP contribution in [0.3, 0.4) is 0 Å². The fraction of sp³-hybridized carbons (Fsp3) is 0.615. The van der Waals surface area contributed by atoms with E-state index in [1.807, 2.05) is 38.3 Å². The zero-order valence-corrected chi connectivity index (χ0v) is 11.9. The Bertz CT molecular complexity index is 411. The van der Waals surface area contributed by atoms with Gasteiger partial charge in [0.25, 0.3) is 0 Å². The molecule has 0 radical (unpaired) electrons. The molecule has 0 saturated carbocycles. The summed E-state index contributed by atoms with van der Waals surface area (Å²) in [4.78, 5) is 15.0. The Labute approximate surface area is 112 Å². The number of thiophene rings is 1. The van der Waals surface area contributed by atoms with Gasteiger partial charge in [0.2, 0.25) is 0 Å². The zero-order chi connectivity index (χ0) is 13.3. The quantitative estimate of drug-likeness (QED) is 0.852. The van der Waals surface area contributed by atoms with E-state index in [1.54, 1.807) is 16.2 Å². The first kappa shape index (κ1) is 13.4. The summed E-state index contributed by atoms with van der Waals surface area (Å²) in [6.07, 6.45) is 0.552. The van der Waals surface area contributed by atoms with Gasteiger partial charge in [0.1, 0.15) is 5.60 Å². The fourth-order valence-electron chi connectivity index (χ4n) is 2.17. The maximum absolute atomic E-state index is 12.2. The summed E-state index contributed by atoms with van der Waals surface area (Å²) < 4.78 is 5.43. The van der Waals surface area contributed by atoms with Crippen LogP contribution >= 0.6 is 11.3 Å². The van der Waals surface area contributed by atoms with Crippen molar-refractivity contribution < 1.29 is 9.53 Å². The van der Waals surface area contributed by atoms with Crippen molar-refractivity contribution >= 4 is 17.4 Å². The van der Waals surface area contributed by atoms with E-state index in [0.717, 1.165) is 11.3 Å². The Morgan fingerprint density at radius 1 is 1.56 bits per heavy atom. The van der Waals surface area contributed by atoms with Crippen molar-refractivity contribution in [2.45, 2.75) is 44.9 Å². The summed E-state index contributed by atoms with van der Waals surface area (Å²) in [5, 5.41) is 2.01. The molecule has 0 unspecified atom stereocenters. The minimum absolute atomic E-state index is 0.00355. The van der Waals surface area contributed by atoms with Crippen molar-refractivity contribution in [2.24, 2.45) is 5.73 Å². The molecule has 1 aliphatic heterocycles. The average Bonchev–Trinajstić information content (AvgIpc) is 2.82. The first-order chi connectivity index (χ1) is 8.38. The Morgan fingerprint density at radius 2 is 2.28 bits per heavy atom. The van der Waals surface area contributed by atoms with Crippen LogP contribution in [0.1, 0.15) is 38.1 Å². The molecule has 100 valence electrons. The Balaban J connectivity index is 2.15. The molecule has 18 heavy (non-hydrogen) atoms. The highest BCUT2D eigenvalue weighted by Gasteiger charge is 2.38. The standard InChI is InChI=1S/C13H20N2O2S/c1-13(2,3)17-12(16)15-7-6-9(14)11(15)10-5-4-8-18-10/h4-5,8-9,11H,6-7,14H2,1-3H3/t9-,11-/m1/s1. The largest absolute Gasteiger partial charge is 0.444 e. The number of nitrogens with zero attached hydrogens (tertiary/aromatic N) is 1. The van der Waals surface area contributed by atoms with Gasteiger partial charge in [-0.05, 0) is 38.6 Å². The third kappa shape index (κ3) is 2.84. The first-order valence-corrected chi connectivity index (χ1v) is 7.05.